The number of carbonyl (C=O) groups is 1. The highest BCUT2D eigenvalue weighted by molar-refractivity contribution is 5.73. The molecule has 0 radical (unpaired) electrons. The molecule has 78 valence electrons. The monoisotopic (exact) mass is 196 g/mol. The predicted molar refractivity (Wildman–Crippen MR) is 53.2 cm³/mol. The van der Waals surface area contributed by atoms with Crippen LogP contribution in [0.4, 0.5) is 0 Å². The summed E-state index contributed by atoms with van der Waals surface area (Å²) in [4.78, 5) is 10.8. The summed E-state index contributed by atoms with van der Waals surface area (Å²) in [6, 6.07) is 3.79. The molecule has 0 saturated heterocycles. The number of furan rings is 1. The van der Waals surface area contributed by atoms with Gasteiger partial charge in [0, 0.05) is 6.42 Å². The van der Waals surface area contributed by atoms with E-state index in [4.69, 9.17) is 9.52 Å². The lowest BCUT2D eigenvalue weighted by Gasteiger charge is -2.17. The normalized spacial score (nSPS) is 11.6. The van der Waals surface area contributed by atoms with Crippen LogP contribution >= 0.6 is 0 Å². The van der Waals surface area contributed by atoms with Crippen LogP contribution in [0.1, 0.15) is 31.8 Å². The summed E-state index contributed by atoms with van der Waals surface area (Å²) >= 11 is 0. The highest BCUT2D eigenvalue weighted by Gasteiger charge is 2.26. The van der Waals surface area contributed by atoms with Crippen molar-refractivity contribution in [3.63, 3.8) is 0 Å². The van der Waals surface area contributed by atoms with Crippen molar-refractivity contribution < 1.29 is 14.3 Å². The van der Waals surface area contributed by atoms with Crippen molar-refractivity contribution in [2.24, 2.45) is 5.41 Å². The van der Waals surface area contributed by atoms with E-state index in [-0.39, 0.29) is 0 Å². The van der Waals surface area contributed by atoms with Crippen LogP contribution in [0.25, 0.3) is 0 Å². The molecule has 0 aliphatic heterocycles. The molecule has 0 aliphatic carbocycles. The molecular formula is C11H16O3. The third-order valence-corrected chi connectivity index (χ3v) is 2.37. The highest BCUT2D eigenvalue weighted by Crippen LogP contribution is 2.23. The lowest BCUT2D eigenvalue weighted by Crippen LogP contribution is -2.24. The van der Waals surface area contributed by atoms with Crippen LogP contribution in [0.3, 0.4) is 0 Å². The van der Waals surface area contributed by atoms with Gasteiger partial charge in [0.1, 0.15) is 11.5 Å². The zero-order valence-corrected chi connectivity index (χ0v) is 8.83. The molecule has 0 aromatic carbocycles. The SMILES string of the molecule is Cc1ccc(CCC(C)(C)C(=O)O)o1. The van der Waals surface area contributed by atoms with E-state index in [1.807, 2.05) is 19.1 Å². The first-order valence-electron chi connectivity index (χ1n) is 4.70. The van der Waals surface area contributed by atoms with Gasteiger partial charge < -0.3 is 9.52 Å². The number of carboxylic acids is 1. The van der Waals surface area contributed by atoms with Crippen LogP contribution in [0.5, 0.6) is 0 Å². The van der Waals surface area contributed by atoms with Crippen molar-refractivity contribution in [1.29, 1.82) is 0 Å². The molecule has 3 heteroatoms. The van der Waals surface area contributed by atoms with E-state index < -0.39 is 11.4 Å². The van der Waals surface area contributed by atoms with Gasteiger partial charge in [0.05, 0.1) is 5.41 Å². The molecule has 0 spiro atoms. The second-order valence-electron chi connectivity index (χ2n) is 4.20. The molecular weight excluding hydrogens is 180 g/mol. The molecule has 0 unspecified atom stereocenters. The summed E-state index contributed by atoms with van der Waals surface area (Å²) in [5.41, 5.74) is -0.680. The lowest BCUT2D eigenvalue weighted by molar-refractivity contribution is -0.147. The summed E-state index contributed by atoms with van der Waals surface area (Å²) in [5, 5.41) is 8.89. The van der Waals surface area contributed by atoms with Gasteiger partial charge in [-0.15, -0.1) is 0 Å². The van der Waals surface area contributed by atoms with Crippen molar-refractivity contribution in [3.05, 3.63) is 23.7 Å². The predicted octanol–water partition coefficient (Wildman–Crippen LogP) is 2.63. The molecule has 0 aliphatic rings. The Hall–Kier alpha value is -1.25. The number of carboxylic acid groups (broad SMARTS) is 1. The average molecular weight is 196 g/mol. The van der Waals surface area contributed by atoms with Crippen molar-refractivity contribution >= 4 is 5.97 Å². The Kier molecular flexibility index (Phi) is 2.99. The zero-order chi connectivity index (χ0) is 10.8. The maximum atomic E-state index is 10.8. The second-order valence-corrected chi connectivity index (χ2v) is 4.20. The third kappa shape index (κ3) is 2.62. The maximum Gasteiger partial charge on any atom is 0.309 e. The molecule has 0 saturated carbocycles. The number of hydrogen-bond donors (Lipinski definition) is 1. The second kappa shape index (κ2) is 3.86. The average Bonchev–Trinajstić information content (AvgIpc) is 2.48. The smallest absolute Gasteiger partial charge is 0.309 e. The fourth-order valence-electron chi connectivity index (χ4n) is 1.16. The molecule has 0 fully saturated rings. The maximum absolute atomic E-state index is 10.8. The van der Waals surface area contributed by atoms with Crippen molar-refractivity contribution in [3.8, 4) is 0 Å². The van der Waals surface area contributed by atoms with E-state index in [1.54, 1.807) is 13.8 Å². The Morgan fingerprint density at radius 1 is 1.50 bits per heavy atom. The fourth-order valence-corrected chi connectivity index (χ4v) is 1.16. The van der Waals surface area contributed by atoms with Gasteiger partial charge in [0.25, 0.3) is 0 Å². The Labute approximate surface area is 83.7 Å². The largest absolute Gasteiger partial charge is 0.481 e. The number of hydrogen-bond acceptors (Lipinski definition) is 2. The quantitative estimate of drug-likeness (QED) is 0.805. The van der Waals surface area contributed by atoms with Crippen molar-refractivity contribution in [2.75, 3.05) is 0 Å². The van der Waals surface area contributed by atoms with E-state index in [1.165, 1.54) is 0 Å². The minimum atomic E-state index is -0.763. The molecule has 14 heavy (non-hydrogen) atoms. The van der Waals surface area contributed by atoms with E-state index in [2.05, 4.69) is 0 Å². The highest BCUT2D eigenvalue weighted by atomic mass is 16.4. The summed E-state index contributed by atoms with van der Waals surface area (Å²) in [6.07, 6.45) is 1.27. The van der Waals surface area contributed by atoms with Crippen LogP contribution in [0.2, 0.25) is 0 Å². The zero-order valence-electron chi connectivity index (χ0n) is 8.83. The van der Waals surface area contributed by atoms with E-state index in [9.17, 15) is 4.79 Å². The first-order valence-corrected chi connectivity index (χ1v) is 4.70. The van der Waals surface area contributed by atoms with Crippen LogP contribution in [-0.4, -0.2) is 11.1 Å². The van der Waals surface area contributed by atoms with Crippen LogP contribution in [0.15, 0.2) is 16.5 Å². The van der Waals surface area contributed by atoms with Gasteiger partial charge in [-0.3, -0.25) is 4.79 Å². The Bertz CT molecular complexity index is 323. The molecule has 0 bridgehead atoms. The van der Waals surface area contributed by atoms with Crippen molar-refractivity contribution in [2.45, 2.75) is 33.6 Å². The van der Waals surface area contributed by atoms with Gasteiger partial charge in [0.15, 0.2) is 0 Å². The van der Waals surface area contributed by atoms with Gasteiger partial charge in [-0.25, -0.2) is 0 Å². The van der Waals surface area contributed by atoms with Crippen LogP contribution in [0, 0.1) is 12.3 Å². The van der Waals surface area contributed by atoms with Crippen LogP contribution < -0.4 is 0 Å². The van der Waals surface area contributed by atoms with Gasteiger partial charge in [-0.05, 0) is 39.3 Å². The van der Waals surface area contributed by atoms with Gasteiger partial charge in [0.2, 0.25) is 0 Å². The van der Waals surface area contributed by atoms with E-state index >= 15 is 0 Å². The molecule has 1 N–H and O–H groups in total. The summed E-state index contributed by atoms with van der Waals surface area (Å²) in [7, 11) is 0. The first kappa shape index (κ1) is 10.8. The summed E-state index contributed by atoms with van der Waals surface area (Å²) in [6.45, 7) is 5.34. The van der Waals surface area contributed by atoms with Gasteiger partial charge in [-0.1, -0.05) is 0 Å². The molecule has 3 nitrogen and oxygen atoms in total. The summed E-state index contributed by atoms with van der Waals surface area (Å²) < 4.78 is 5.37. The molecule has 1 aromatic heterocycles. The summed E-state index contributed by atoms with van der Waals surface area (Å²) in [5.74, 6) is 0.964. The molecule has 1 heterocycles. The van der Waals surface area contributed by atoms with E-state index in [0.717, 1.165) is 11.5 Å². The first-order chi connectivity index (χ1) is 6.42. The minimum Gasteiger partial charge on any atom is -0.481 e. The topological polar surface area (TPSA) is 50.4 Å². The van der Waals surface area contributed by atoms with Crippen molar-refractivity contribution in [1.82, 2.24) is 0 Å². The minimum absolute atomic E-state index is 0.593. The fraction of sp³-hybridized carbons (Fsp3) is 0.545. The Balaban J connectivity index is 2.52. The molecule has 1 rings (SSSR count). The van der Waals surface area contributed by atoms with Gasteiger partial charge in [-0.2, -0.15) is 0 Å². The van der Waals surface area contributed by atoms with Crippen LogP contribution in [-0.2, 0) is 11.2 Å². The number of aryl methyl sites for hydroxylation is 2. The third-order valence-electron chi connectivity index (χ3n) is 2.37. The lowest BCUT2D eigenvalue weighted by atomic mass is 9.88. The number of rotatable bonds is 4. The Morgan fingerprint density at radius 3 is 2.57 bits per heavy atom. The molecule has 0 amide bonds. The Morgan fingerprint density at radius 2 is 2.14 bits per heavy atom. The van der Waals surface area contributed by atoms with Gasteiger partial charge >= 0.3 is 5.97 Å². The standard InChI is InChI=1S/C11H16O3/c1-8-4-5-9(14-8)6-7-11(2,3)10(12)13/h4-5H,6-7H2,1-3H3,(H,12,13). The van der Waals surface area contributed by atoms with E-state index in [0.29, 0.717) is 12.8 Å². The molecule has 1 aromatic rings. The molecule has 0 atom stereocenters. The number of aliphatic carboxylic acids is 1.